The zero-order valence-corrected chi connectivity index (χ0v) is 19.3. The van der Waals surface area contributed by atoms with Crippen molar-refractivity contribution in [3.8, 4) is 5.75 Å². The molecule has 2 aromatic rings. The van der Waals surface area contributed by atoms with Crippen LogP contribution in [0.2, 0.25) is 0 Å². The van der Waals surface area contributed by atoms with Gasteiger partial charge in [-0.15, -0.1) is 0 Å². The largest absolute Gasteiger partial charge is 0.497 e. The van der Waals surface area contributed by atoms with Crippen LogP contribution in [0.1, 0.15) is 46.4 Å². The van der Waals surface area contributed by atoms with Crippen LogP contribution >= 0.6 is 0 Å². The summed E-state index contributed by atoms with van der Waals surface area (Å²) in [5, 5.41) is 2.98. The van der Waals surface area contributed by atoms with Gasteiger partial charge in [0, 0.05) is 37.3 Å². The van der Waals surface area contributed by atoms with Crippen LogP contribution < -0.4 is 10.1 Å². The van der Waals surface area contributed by atoms with Gasteiger partial charge in [-0.1, -0.05) is 6.07 Å². The molecule has 4 rings (SSSR count). The van der Waals surface area contributed by atoms with E-state index in [1.807, 2.05) is 4.90 Å². The van der Waals surface area contributed by atoms with Crippen LogP contribution in [0.25, 0.3) is 0 Å². The molecule has 2 heterocycles. The highest BCUT2D eigenvalue weighted by atomic mass is 19.1. The number of halogens is 1. The van der Waals surface area contributed by atoms with Crippen molar-refractivity contribution in [3.05, 3.63) is 65.5 Å². The number of piperidine rings is 1. The molecule has 0 aromatic heterocycles. The van der Waals surface area contributed by atoms with E-state index < -0.39 is 6.04 Å². The van der Waals surface area contributed by atoms with Crippen LogP contribution in [0.5, 0.6) is 5.75 Å². The van der Waals surface area contributed by atoms with Gasteiger partial charge in [0.25, 0.3) is 11.8 Å². The molecule has 2 fully saturated rings. The zero-order valence-electron chi connectivity index (χ0n) is 19.3. The van der Waals surface area contributed by atoms with E-state index >= 15 is 0 Å². The van der Waals surface area contributed by atoms with Crippen LogP contribution in [0.3, 0.4) is 0 Å². The van der Waals surface area contributed by atoms with E-state index in [0.717, 1.165) is 12.8 Å². The third-order valence-corrected chi connectivity index (χ3v) is 6.69. The number of nitrogens with one attached hydrogen (secondary N) is 1. The number of methoxy groups -OCH3 is 1. The predicted molar refractivity (Wildman–Crippen MR) is 125 cm³/mol. The van der Waals surface area contributed by atoms with Gasteiger partial charge in [0.1, 0.15) is 17.6 Å². The minimum Gasteiger partial charge on any atom is -0.497 e. The third kappa shape index (κ3) is 5.38. The minimum absolute atomic E-state index is 0.0583. The highest BCUT2D eigenvalue weighted by molar-refractivity contribution is 5.98. The van der Waals surface area contributed by atoms with Crippen molar-refractivity contribution in [2.24, 2.45) is 5.92 Å². The molecule has 2 aromatic carbocycles. The number of carbonyl (C=O) groups is 3. The number of hydrogen-bond acceptors (Lipinski definition) is 4. The number of nitrogens with zero attached hydrogens (tertiary/aromatic N) is 2. The van der Waals surface area contributed by atoms with Gasteiger partial charge in [0.2, 0.25) is 5.91 Å². The molecule has 1 N–H and O–H groups in total. The van der Waals surface area contributed by atoms with Gasteiger partial charge in [-0.25, -0.2) is 4.39 Å². The Labute approximate surface area is 198 Å². The molecule has 0 saturated carbocycles. The van der Waals surface area contributed by atoms with Crippen LogP contribution in [-0.4, -0.2) is 66.9 Å². The zero-order chi connectivity index (χ0) is 24.1. The lowest BCUT2D eigenvalue weighted by atomic mass is 9.88. The number of carbonyl (C=O) groups excluding carboxylic acids is 3. The van der Waals surface area contributed by atoms with Crippen LogP contribution in [-0.2, 0) is 4.79 Å². The molecule has 1 atom stereocenters. The second-order valence-electron chi connectivity index (χ2n) is 8.85. The molecule has 3 amide bonds. The quantitative estimate of drug-likeness (QED) is 0.708. The van der Waals surface area contributed by atoms with E-state index in [0.29, 0.717) is 55.9 Å². The lowest BCUT2D eigenvalue weighted by molar-refractivity contribution is -0.134. The van der Waals surface area contributed by atoms with Crippen molar-refractivity contribution in [3.63, 3.8) is 0 Å². The molecule has 0 unspecified atom stereocenters. The fraction of sp³-hybridized carbons (Fsp3) is 0.423. The van der Waals surface area contributed by atoms with Gasteiger partial charge in [0.15, 0.2) is 0 Å². The Hall–Kier alpha value is -3.42. The Kier molecular flexibility index (Phi) is 7.45. The summed E-state index contributed by atoms with van der Waals surface area (Å²) in [5.41, 5.74) is 0.873. The van der Waals surface area contributed by atoms with Gasteiger partial charge >= 0.3 is 0 Å². The number of likely N-dealkylation sites (tertiary alicyclic amines) is 2. The van der Waals surface area contributed by atoms with E-state index in [1.54, 1.807) is 29.2 Å². The second kappa shape index (κ2) is 10.7. The second-order valence-corrected chi connectivity index (χ2v) is 8.85. The average Bonchev–Trinajstić information content (AvgIpc) is 3.42. The first kappa shape index (κ1) is 23.7. The summed E-state index contributed by atoms with van der Waals surface area (Å²) in [4.78, 5) is 42.8. The van der Waals surface area contributed by atoms with Gasteiger partial charge < -0.3 is 19.9 Å². The first-order valence-corrected chi connectivity index (χ1v) is 11.7. The molecule has 180 valence electrons. The molecule has 0 aliphatic carbocycles. The Balaban J connectivity index is 1.46. The Morgan fingerprint density at radius 3 is 2.26 bits per heavy atom. The average molecular weight is 468 g/mol. The maximum Gasteiger partial charge on any atom is 0.253 e. The molecule has 0 spiro atoms. The van der Waals surface area contributed by atoms with E-state index in [1.165, 1.54) is 31.4 Å². The van der Waals surface area contributed by atoms with Crippen molar-refractivity contribution < 1.29 is 23.5 Å². The molecule has 2 aliphatic rings. The lowest BCUT2D eigenvalue weighted by Gasteiger charge is -2.37. The summed E-state index contributed by atoms with van der Waals surface area (Å²) >= 11 is 0. The first-order valence-electron chi connectivity index (χ1n) is 11.7. The number of ether oxygens (including phenoxy) is 1. The molecule has 34 heavy (non-hydrogen) atoms. The highest BCUT2D eigenvalue weighted by Crippen LogP contribution is 2.25. The van der Waals surface area contributed by atoms with Gasteiger partial charge in [-0.2, -0.15) is 0 Å². The summed E-state index contributed by atoms with van der Waals surface area (Å²) in [6.07, 6.45) is 3.12. The van der Waals surface area contributed by atoms with Crippen molar-refractivity contribution in [2.75, 3.05) is 33.3 Å². The summed E-state index contributed by atoms with van der Waals surface area (Å²) < 4.78 is 18.4. The molecule has 2 aliphatic heterocycles. The van der Waals surface area contributed by atoms with E-state index in [-0.39, 0.29) is 29.5 Å². The molecule has 0 radical (unpaired) electrons. The van der Waals surface area contributed by atoms with Gasteiger partial charge in [0.05, 0.1) is 7.11 Å². The summed E-state index contributed by atoms with van der Waals surface area (Å²) in [7, 11) is 1.54. The molecule has 8 heteroatoms. The molecule has 0 bridgehead atoms. The Morgan fingerprint density at radius 2 is 1.62 bits per heavy atom. The highest BCUT2D eigenvalue weighted by Gasteiger charge is 2.37. The predicted octanol–water partition coefficient (Wildman–Crippen LogP) is 3.11. The normalized spacial score (nSPS) is 17.4. The topological polar surface area (TPSA) is 79.0 Å². The maximum atomic E-state index is 13.4. The SMILES string of the molecule is COc1cccc(C(=O)N[C@@H](C(=O)N2CCCC2)C2CCN(C(=O)c3ccc(F)cc3)CC2)c1. The molecular formula is C26H30FN3O4. The van der Waals surface area contributed by atoms with E-state index in [9.17, 15) is 18.8 Å². The Bertz CT molecular complexity index is 1030. The summed E-state index contributed by atoms with van der Waals surface area (Å²) in [6.45, 7) is 2.35. The summed E-state index contributed by atoms with van der Waals surface area (Å²) in [6, 6.07) is 11.7. The standard InChI is InChI=1S/C26H30FN3O4/c1-34-22-6-4-5-20(17-22)24(31)28-23(26(33)29-13-2-3-14-29)18-11-15-30(16-12-18)25(32)19-7-9-21(27)10-8-19/h4-10,17-18,23H,2-3,11-16H2,1H3,(H,28,31)/t23-/m1/s1. The molecular weight excluding hydrogens is 437 g/mol. The van der Waals surface area contributed by atoms with Crippen molar-refractivity contribution in [1.29, 1.82) is 0 Å². The van der Waals surface area contributed by atoms with Gasteiger partial charge in [-0.3, -0.25) is 14.4 Å². The number of benzene rings is 2. The number of rotatable bonds is 6. The minimum atomic E-state index is -0.653. The van der Waals surface area contributed by atoms with E-state index in [4.69, 9.17) is 4.74 Å². The van der Waals surface area contributed by atoms with Crippen LogP contribution in [0.4, 0.5) is 4.39 Å². The fourth-order valence-electron chi connectivity index (χ4n) is 4.72. The van der Waals surface area contributed by atoms with E-state index in [2.05, 4.69) is 5.32 Å². The van der Waals surface area contributed by atoms with Crippen molar-refractivity contribution >= 4 is 17.7 Å². The van der Waals surface area contributed by atoms with Gasteiger partial charge in [-0.05, 0) is 74.1 Å². The molecule has 7 nitrogen and oxygen atoms in total. The molecule has 2 saturated heterocycles. The smallest absolute Gasteiger partial charge is 0.253 e. The van der Waals surface area contributed by atoms with Crippen molar-refractivity contribution in [1.82, 2.24) is 15.1 Å². The van der Waals surface area contributed by atoms with Crippen molar-refractivity contribution in [2.45, 2.75) is 31.7 Å². The van der Waals surface area contributed by atoms with Crippen LogP contribution in [0.15, 0.2) is 48.5 Å². The van der Waals surface area contributed by atoms with Crippen LogP contribution in [0, 0.1) is 11.7 Å². The monoisotopic (exact) mass is 467 g/mol. The summed E-state index contributed by atoms with van der Waals surface area (Å²) in [5.74, 6) is -0.424. The maximum absolute atomic E-state index is 13.4. The Morgan fingerprint density at radius 1 is 0.941 bits per heavy atom. The number of hydrogen-bond donors (Lipinski definition) is 1. The fourth-order valence-corrected chi connectivity index (χ4v) is 4.72. The third-order valence-electron chi connectivity index (χ3n) is 6.69. The first-order chi connectivity index (χ1) is 16.5. The lowest BCUT2D eigenvalue weighted by Crippen LogP contribution is -2.54. The number of amides is 3.